The van der Waals surface area contributed by atoms with Gasteiger partial charge in [-0.25, -0.2) is 9.97 Å². The summed E-state index contributed by atoms with van der Waals surface area (Å²) in [6.07, 6.45) is 1.64. The van der Waals surface area contributed by atoms with Crippen molar-refractivity contribution in [1.82, 2.24) is 9.97 Å². The number of hydrogen-bond donors (Lipinski definition) is 3. The summed E-state index contributed by atoms with van der Waals surface area (Å²) in [7, 11) is 0. The van der Waals surface area contributed by atoms with Crippen LogP contribution in [0.4, 0.5) is 11.6 Å². The van der Waals surface area contributed by atoms with Crippen molar-refractivity contribution in [2.45, 2.75) is 6.92 Å². The highest BCUT2D eigenvalue weighted by Crippen LogP contribution is 2.24. The van der Waals surface area contributed by atoms with Gasteiger partial charge in [0.1, 0.15) is 11.5 Å². The van der Waals surface area contributed by atoms with Gasteiger partial charge in [-0.2, -0.15) is 0 Å². The quantitative estimate of drug-likeness (QED) is 0.687. The second kappa shape index (κ2) is 5.73. The smallest absolute Gasteiger partial charge is 0.227 e. The van der Waals surface area contributed by atoms with E-state index in [1.807, 2.05) is 19.1 Å². The Bertz CT molecular complexity index is 798. The molecule has 0 aliphatic carbocycles. The van der Waals surface area contributed by atoms with Crippen LogP contribution in [0.1, 0.15) is 5.56 Å². The summed E-state index contributed by atoms with van der Waals surface area (Å²) in [5.41, 5.74) is 3.15. The van der Waals surface area contributed by atoms with E-state index in [9.17, 15) is 10.2 Å². The molecule has 0 radical (unpaired) electrons. The maximum Gasteiger partial charge on any atom is 0.227 e. The van der Waals surface area contributed by atoms with Crippen molar-refractivity contribution in [1.29, 1.82) is 0 Å². The van der Waals surface area contributed by atoms with Crippen molar-refractivity contribution in [3.8, 4) is 22.8 Å². The normalized spacial score (nSPS) is 10.4. The molecular formula is C17H15N3O2. The molecule has 3 aromatic rings. The van der Waals surface area contributed by atoms with Gasteiger partial charge < -0.3 is 15.5 Å². The monoisotopic (exact) mass is 293 g/mol. The SMILES string of the molecule is Cc1cc(O)cc(Nc2nccc(-c3cccc(O)c3)n2)c1. The number of aromatic nitrogens is 2. The molecular weight excluding hydrogens is 278 g/mol. The van der Waals surface area contributed by atoms with Crippen LogP contribution in [0.5, 0.6) is 11.5 Å². The summed E-state index contributed by atoms with van der Waals surface area (Å²) >= 11 is 0. The standard InChI is InChI=1S/C17H15N3O2/c1-11-7-13(10-15(22)8-11)19-17-18-6-5-16(20-17)12-3-2-4-14(21)9-12/h2-10,21-22H,1H3,(H,18,19,20). The van der Waals surface area contributed by atoms with Crippen molar-refractivity contribution >= 4 is 11.6 Å². The van der Waals surface area contributed by atoms with E-state index in [0.717, 1.165) is 11.1 Å². The third-order valence-electron chi connectivity index (χ3n) is 3.12. The lowest BCUT2D eigenvalue weighted by molar-refractivity contribution is 0.474. The van der Waals surface area contributed by atoms with Gasteiger partial charge in [0.05, 0.1) is 5.69 Å². The fourth-order valence-corrected chi connectivity index (χ4v) is 2.21. The summed E-state index contributed by atoms with van der Waals surface area (Å²) in [4.78, 5) is 8.60. The molecule has 0 amide bonds. The highest BCUT2D eigenvalue weighted by molar-refractivity contribution is 5.64. The number of nitrogens with one attached hydrogen (secondary N) is 1. The first-order valence-electron chi connectivity index (χ1n) is 6.80. The molecule has 0 bridgehead atoms. The van der Waals surface area contributed by atoms with Crippen LogP contribution in [0.15, 0.2) is 54.7 Å². The first-order valence-corrected chi connectivity index (χ1v) is 6.80. The second-order valence-corrected chi connectivity index (χ2v) is 5.00. The van der Waals surface area contributed by atoms with Crippen molar-refractivity contribution in [3.05, 3.63) is 60.3 Å². The van der Waals surface area contributed by atoms with Crippen LogP contribution in [-0.2, 0) is 0 Å². The van der Waals surface area contributed by atoms with Crippen LogP contribution in [0, 0.1) is 6.92 Å². The van der Waals surface area contributed by atoms with Gasteiger partial charge in [0, 0.05) is 23.5 Å². The topological polar surface area (TPSA) is 78.3 Å². The van der Waals surface area contributed by atoms with Crippen LogP contribution in [0.2, 0.25) is 0 Å². The molecule has 0 saturated carbocycles. The minimum absolute atomic E-state index is 0.187. The molecule has 0 aliphatic rings. The van der Waals surface area contributed by atoms with Crippen molar-refractivity contribution in [2.24, 2.45) is 0 Å². The zero-order valence-corrected chi connectivity index (χ0v) is 12.0. The minimum Gasteiger partial charge on any atom is -0.508 e. The number of nitrogens with zero attached hydrogens (tertiary/aromatic N) is 2. The van der Waals surface area contributed by atoms with Crippen LogP contribution in [-0.4, -0.2) is 20.2 Å². The number of aryl methyl sites for hydroxylation is 1. The summed E-state index contributed by atoms with van der Waals surface area (Å²) in [5, 5.41) is 22.2. The molecule has 22 heavy (non-hydrogen) atoms. The third-order valence-corrected chi connectivity index (χ3v) is 3.12. The van der Waals surface area contributed by atoms with Gasteiger partial charge in [-0.1, -0.05) is 12.1 Å². The predicted molar refractivity (Wildman–Crippen MR) is 85.3 cm³/mol. The van der Waals surface area contributed by atoms with Gasteiger partial charge in [-0.05, 0) is 42.8 Å². The second-order valence-electron chi connectivity index (χ2n) is 5.00. The molecule has 110 valence electrons. The number of aromatic hydroxyl groups is 2. The number of phenolic OH excluding ortho intramolecular Hbond substituents is 2. The van der Waals surface area contributed by atoms with Gasteiger partial charge >= 0.3 is 0 Å². The van der Waals surface area contributed by atoms with E-state index in [4.69, 9.17) is 0 Å². The van der Waals surface area contributed by atoms with Gasteiger partial charge in [0.25, 0.3) is 0 Å². The molecule has 2 aromatic carbocycles. The largest absolute Gasteiger partial charge is 0.508 e. The Morgan fingerprint density at radius 2 is 1.82 bits per heavy atom. The Labute approximate surface area is 127 Å². The zero-order valence-electron chi connectivity index (χ0n) is 12.0. The van der Waals surface area contributed by atoms with E-state index in [0.29, 0.717) is 17.3 Å². The van der Waals surface area contributed by atoms with Crippen LogP contribution in [0.25, 0.3) is 11.3 Å². The number of rotatable bonds is 3. The van der Waals surface area contributed by atoms with Gasteiger partial charge in [-0.3, -0.25) is 0 Å². The lowest BCUT2D eigenvalue weighted by Gasteiger charge is -2.08. The molecule has 3 N–H and O–H groups in total. The van der Waals surface area contributed by atoms with E-state index >= 15 is 0 Å². The number of hydrogen-bond acceptors (Lipinski definition) is 5. The molecule has 0 fully saturated rings. The lowest BCUT2D eigenvalue weighted by Crippen LogP contribution is -1.98. The highest BCUT2D eigenvalue weighted by atomic mass is 16.3. The zero-order chi connectivity index (χ0) is 15.5. The molecule has 1 heterocycles. The summed E-state index contributed by atoms with van der Waals surface area (Å²) < 4.78 is 0. The Morgan fingerprint density at radius 1 is 0.955 bits per heavy atom. The minimum atomic E-state index is 0.187. The predicted octanol–water partition coefficient (Wildman–Crippen LogP) is 3.61. The first kappa shape index (κ1) is 13.9. The summed E-state index contributed by atoms with van der Waals surface area (Å²) in [6.45, 7) is 1.90. The molecule has 5 nitrogen and oxygen atoms in total. The first-order chi connectivity index (χ1) is 10.6. The van der Waals surface area contributed by atoms with E-state index in [1.165, 1.54) is 0 Å². The fourth-order valence-electron chi connectivity index (χ4n) is 2.21. The van der Waals surface area contributed by atoms with Gasteiger partial charge in [0.15, 0.2) is 0 Å². The van der Waals surface area contributed by atoms with Crippen LogP contribution < -0.4 is 5.32 Å². The molecule has 0 spiro atoms. The molecule has 3 rings (SSSR count). The highest BCUT2D eigenvalue weighted by Gasteiger charge is 2.04. The van der Waals surface area contributed by atoms with Crippen molar-refractivity contribution < 1.29 is 10.2 Å². The molecule has 0 atom stereocenters. The maximum atomic E-state index is 9.63. The van der Waals surface area contributed by atoms with Crippen molar-refractivity contribution in [2.75, 3.05) is 5.32 Å². The van der Waals surface area contributed by atoms with E-state index in [1.54, 1.807) is 42.6 Å². The molecule has 5 heteroatoms. The Morgan fingerprint density at radius 3 is 2.59 bits per heavy atom. The number of anilines is 2. The summed E-state index contributed by atoms with van der Waals surface area (Å²) in [6, 6.07) is 13.8. The van der Waals surface area contributed by atoms with E-state index in [2.05, 4.69) is 15.3 Å². The Kier molecular flexibility index (Phi) is 3.62. The summed E-state index contributed by atoms with van der Waals surface area (Å²) in [5.74, 6) is 0.798. The van der Waals surface area contributed by atoms with Gasteiger partial charge in [-0.15, -0.1) is 0 Å². The Balaban J connectivity index is 1.91. The molecule has 0 unspecified atom stereocenters. The maximum absolute atomic E-state index is 9.63. The van der Waals surface area contributed by atoms with E-state index in [-0.39, 0.29) is 11.5 Å². The molecule has 0 aliphatic heterocycles. The number of phenols is 2. The third kappa shape index (κ3) is 3.15. The fraction of sp³-hybridized carbons (Fsp3) is 0.0588. The Hall–Kier alpha value is -3.08. The lowest BCUT2D eigenvalue weighted by atomic mass is 10.1. The van der Waals surface area contributed by atoms with Crippen LogP contribution in [0.3, 0.4) is 0 Å². The van der Waals surface area contributed by atoms with Crippen molar-refractivity contribution in [3.63, 3.8) is 0 Å². The molecule has 0 saturated heterocycles. The van der Waals surface area contributed by atoms with Gasteiger partial charge in [0.2, 0.25) is 5.95 Å². The molecule has 1 aromatic heterocycles. The van der Waals surface area contributed by atoms with E-state index < -0.39 is 0 Å². The number of benzene rings is 2. The average molecular weight is 293 g/mol. The van der Waals surface area contributed by atoms with Crippen LogP contribution >= 0.6 is 0 Å². The average Bonchev–Trinajstić information content (AvgIpc) is 2.46.